The van der Waals surface area contributed by atoms with E-state index in [1.807, 2.05) is 12.1 Å². The van der Waals surface area contributed by atoms with Crippen molar-refractivity contribution in [3.63, 3.8) is 0 Å². The maximum atomic E-state index is 5.74. The number of anilines is 1. The van der Waals surface area contributed by atoms with E-state index in [0.717, 1.165) is 11.6 Å². The van der Waals surface area contributed by atoms with Crippen LogP contribution >= 0.6 is 0 Å². The fourth-order valence-electron chi connectivity index (χ4n) is 2.61. The molecule has 2 N–H and O–H groups in total. The minimum Gasteiger partial charge on any atom is -0.399 e. The summed E-state index contributed by atoms with van der Waals surface area (Å²) in [7, 11) is 0. The minimum absolute atomic E-state index is 0.620. The molecule has 0 aromatic heterocycles. The molecule has 1 aromatic rings. The van der Waals surface area contributed by atoms with E-state index in [1.165, 1.54) is 37.9 Å². The van der Waals surface area contributed by atoms with E-state index >= 15 is 0 Å². The summed E-state index contributed by atoms with van der Waals surface area (Å²) in [6.07, 6.45) is 3.92. The molecule has 0 saturated carbocycles. The van der Waals surface area contributed by atoms with Crippen LogP contribution < -0.4 is 5.73 Å². The molecule has 1 aromatic carbocycles. The molecule has 0 amide bonds. The van der Waals surface area contributed by atoms with Gasteiger partial charge in [-0.15, -0.1) is 0 Å². The molecule has 1 aliphatic heterocycles. The Balaban J connectivity index is 2.01. The fourth-order valence-corrected chi connectivity index (χ4v) is 2.61. The number of nitrogens with two attached hydrogens (primary N) is 1. The van der Waals surface area contributed by atoms with Crippen LogP contribution in [0.2, 0.25) is 0 Å². The van der Waals surface area contributed by atoms with Crippen molar-refractivity contribution in [3.8, 4) is 0 Å². The molecular formula is C15H24N2. The number of likely N-dealkylation sites (tertiary alicyclic amines) is 1. The zero-order valence-electron chi connectivity index (χ0n) is 11.0. The lowest BCUT2D eigenvalue weighted by atomic mass is 10.0. The van der Waals surface area contributed by atoms with Crippen LogP contribution in [0.25, 0.3) is 0 Å². The average Bonchev–Trinajstić information content (AvgIpc) is 2.75. The second kappa shape index (κ2) is 5.54. The van der Waals surface area contributed by atoms with Gasteiger partial charge < -0.3 is 5.73 Å². The van der Waals surface area contributed by atoms with Crippen molar-refractivity contribution >= 4 is 5.69 Å². The molecule has 0 bridgehead atoms. The van der Waals surface area contributed by atoms with Gasteiger partial charge in [0.1, 0.15) is 0 Å². The molecule has 0 radical (unpaired) electrons. The predicted octanol–water partition coefficient (Wildman–Crippen LogP) is 3.45. The lowest BCUT2D eigenvalue weighted by Crippen LogP contribution is -2.25. The molecule has 1 atom stereocenters. The van der Waals surface area contributed by atoms with Crippen LogP contribution in [-0.2, 0) is 0 Å². The van der Waals surface area contributed by atoms with Crippen molar-refractivity contribution in [2.45, 2.75) is 39.2 Å². The Morgan fingerprint density at radius 1 is 1.29 bits per heavy atom. The lowest BCUT2D eigenvalue weighted by molar-refractivity contribution is 0.242. The van der Waals surface area contributed by atoms with Crippen molar-refractivity contribution in [1.82, 2.24) is 4.90 Å². The topological polar surface area (TPSA) is 29.3 Å². The van der Waals surface area contributed by atoms with E-state index in [0.29, 0.717) is 6.04 Å². The third-order valence-corrected chi connectivity index (χ3v) is 3.68. The molecule has 2 rings (SSSR count). The van der Waals surface area contributed by atoms with Crippen LogP contribution in [0.15, 0.2) is 24.3 Å². The van der Waals surface area contributed by atoms with Crippen LogP contribution in [-0.4, -0.2) is 18.0 Å². The number of benzene rings is 1. The average molecular weight is 232 g/mol. The number of hydrogen-bond donors (Lipinski definition) is 1. The van der Waals surface area contributed by atoms with E-state index < -0.39 is 0 Å². The molecule has 17 heavy (non-hydrogen) atoms. The van der Waals surface area contributed by atoms with Crippen molar-refractivity contribution in [3.05, 3.63) is 29.8 Å². The molecule has 2 heteroatoms. The Labute approximate surface area is 105 Å². The molecule has 1 aliphatic rings. The Morgan fingerprint density at radius 2 is 2.00 bits per heavy atom. The van der Waals surface area contributed by atoms with Crippen molar-refractivity contribution in [1.29, 1.82) is 0 Å². The second-order valence-corrected chi connectivity index (χ2v) is 5.54. The number of nitrogen functional groups attached to an aromatic ring is 1. The Morgan fingerprint density at radius 3 is 2.65 bits per heavy atom. The number of nitrogens with zero attached hydrogens (tertiary/aromatic N) is 1. The first-order valence-corrected chi connectivity index (χ1v) is 6.76. The van der Waals surface area contributed by atoms with Gasteiger partial charge in [0.2, 0.25) is 0 Å². The Kier molecular flexibility index (Phi) is 4.06. The Bertz CT molecular complexity index is 342. The molecule has 2 nitrogen and oxygen atoms in total. The van der Waals surface area contributed by atoms with Gasteiger partial charge in [0.15, 0.2) is 0 Å². The minimum atomic E-state index is 0.620. The van der Waals surface area contributed by atoms with Crippen LogP contribution in [0.5, 0.6) is 0 Å². The van der Waals surface area contributed by atoms with Crippen LogP contribution in [0, 0.1) is 5.92 Å². The quantitative estimate of drug-likeness (QED) is 0.806. The van der Waals surface area contributed by atoms with Gasteiger partial charge in [-0.05, 0) is 56.0 Å². The van der Waals surface area contributed by atoms with Gasteiger partial charge in [0.25, 0.3) is 0 Å². The van der Waals surface area contributed by atoms with Gasteiger partial charge in [-0.3, -0.25) is 4.90 Å². The van der Waals surface area contributed by atoms with Gasteiger partial charge in [-0.1, -0.05) is 26.0 Å². The van der Waals surface area contributed by atoms with Crippen LogP contribution in [0.1, 0.15) is 44.7 Å². The molecule has 1 fully saturated rings. The van der Waals surface area contributed by atoms with Gasteiger partial charge >= 0.3 is 0 Å². The number of hydrogen-bond acceptors (Lipinski definition) is 2. The third-order valence-electron chi connectivity index (χ3n) is 3.68. The first-order valence-electron chi connectivity index (χ1n) is 6.76. The highest BCUT2D eigenvalue weighted by molar-refractivity contribution is 5.40. The summed E-state index contributed by atoms with van der Waals surface area (Å²) in [6.45, 7) is 7.08. The van der Waals surface area contributed by atoms with Gasteiger partial charge in [-0.2, -0.15) is 0 Å². The summed E-state index contributed by atoms with van der Waals surface area (Å²) in [6, 6.07) is 9.04. The predicted molar refractivity (Wildman–Crippen MR) is 73.9 cm³/mol. The summed E-state index contributed by atoms with van der Waals surface area (Å²) in [4.78, 5) is 2.63. The standard InChI is InChI=1S/C15H24N2/c1-12(2)9-11-17-10-3-4-15(17)13-5-7-14(16)8-6-13/h5-8,12,15H,3-4,9-11,16H2,1-2H3. The molecule has 1 saturated heterocycles. The normalized spacial score (nSPS) is 21.2. The molecule has 0 spiro atoms. The number of rotatable bonds is 4. The van der Waals surface area contributed by atoms with Crippen molar-refractivity contribution < 1.29 is 0 Å². The maximum Gasteiger partial charge on any atom is 0.0348 e. The summed E-state index contributed by atoms with van der Waals surface area (Å²) in [5, 5.41) is 0. The maximum absolute atomic E-state index is 5.74. The summed E-state index contributed by atoms with van der Waals surface area (Å²) < 4.78 is 0. The van der Waals surface area contributed by atoms with E-state index in [1.54, 1.807) is 0 Å². The first-order chi connectivity index (χ1) is 8.16. The summed E-state index contributed by atoms with van der Waals surface area (Å²) in [5.41, 5.74) is 8.04. The zero-order chi connectivity index (χ0) is 12.3. The van der Waals surface area contributed by atoms with E-state index in [9.17, 15) is 0 Å². The Hall–Kier alpha value is -1.02. The van der Waals surface area contributed by atoms with Crippen molar-refractivity contribution in [2.75, 3.05) is 18.8 Å². The monoisotopic (exact) mass is 232 g/mol. The lowest BCUT2D eigenvalue weighted by Gasteiger charge is -2.25. The highest BCUT2D eigenvalue weighted by Gasteiger charge is 2.25. The SMILES string of the molecule is CC(C)CCN1CCCC1c1ccc(N)cc1. The van der Waals surface area contributed by atoms with E-state index in [4.69, 9.17) is 5.73 Å². The van der Waals surface area contributed by atoms with E-state index in [-0.39, 0.29) is 0 Å². The first kappa shape index (κ1) is 12.4. The fraction of sp³-hybridized carbons (Fsp3) is 0.600. The molecule has 1 unspecified atom stereocenters. The highest BCUT2D eigenvalue weighted by Crippen LogP contribution is 2.32. The van der Waals surface area contributed by atoms with Gasteiger partial charge in [-0.25, -0.2) is 0 Å². The molecule has 94 valence electrons. The van der Waals surface area contributed by atoms with E-state index in [2.05, 4.69) is 30.9 Å². The zero-order valence-corrected chi connectivity index (χ0v) is 11.0. The third kappa shape index (κ3) is 3.22. The van der Waals surface area contributed by atoms with Gasteiger partial charge in [0.05, 0.1) is 0 Å². The van der Waals surface area contributed by atoms with Crippen LogP contribution in [0.4, 0.5) is 5.69 Å². The highest BCUT2D eigenvalue weighted by atomic mass is 15.2. The molecular weight excluding hydrogens is 208 g/mol. The van der Waals surface area contributed by atoms with Gasteiger partial charge in [0, 0.05) is 11.7 Å². The summed E-state index contributed by atoms with van der Waals surface area (Å²) in [5.74, 6) is 0.794. The largest absolute Gasteiger partial charge is 0.399 e. The van der Waals surface area contributed by atoms with Crippen molar-refractivity contribution in [2.24, 2.45) is 5.92 Å². The van der Waals surface area contributed by atoms with Crippen LogP contribution in [0.3, 0.4) is 0 Å². The smallest absolute Gasteiger partial charge is 0.0348 e. The summed E-state index contributed by atoms with van der Waals surface area (Å²) >= 11 is 0. The second-order valence-electron chi connectivity index (χ2n) is 5.54. The molecule has 0 aliphatic carbocycles. The molecule has 1 heterocycles.